The second-order valence-corrected chi connectivity index (χ2v) is 6.28. The van der Waals surface area contributed by atoms with Gasteiger partial charge >= 0.3 is 0 Å². The molecule has 0 saturated heterocycles. The largest absolute Gasteiger partial charge is 0.349 e. The fourth-order valence-electron chi connectivity index (χ4n) is 2.21. The Kier molecular flexibility index (Phi) is 5.15. The monoisotopic (exact) mass is 289 g/mol. The van der Waals surface area contributed by atoms with E-state index in [4.69, 9.17) is 4.98 Å². The van der Waals surface area contributed by atoms with Crippen molar-refractivity contribution in [3.63, 3.8) is 0 Å². The van der Waals surface area contributed by atoms with E-state index >= 15 is 0 Å². The first-order valence-electron chi connectivity index (χ1n) is 7.02. The summed E-state index contributed by atoms with van der Waals surface area (Å²) >= 11 is 1.80. The fraction of sp³-hybridized carbons (Fsp3) is 0.438. The predicted octanol–water partition coefficient (Wildman–Crippen LogP) is 3.59. The highest BCUT2D eigenvalue weighted by Gasteiger charge is 2.14. The number of nitrogens with one attached hydrogen (secondary N) is 1. The van der Waals surface area contributed by atoms with Crippen LogP contribution in [0, 0.1) is 6.92 Å². The number of aryl methyl sites for hydroxylation is 1. The summed E-state index contributed by atoms with van der Waals surface area (Å²) in [6, 6.07) is 9.03. The number of thiophene rings is 1. The lowest BCUT2D eigenvalue weighted by Crippen LogP contribution is -2.30. The van der Waals surface area contributed by atoms with Crippen molar-refractivity contribution in [1.29, 1.82) is 0 Å². The first kappa shape index (κ1) is 15.0. The molecule has 0 saturated carbocycles. The minimum absolute atomic E-state index is 0.430. The molecule has 0 fully saturated rings. The number of pyridine rings is 1. The Balaban J connectivity index is 2.23. The average molecular weight is 289 g/mol. The summed E-state index contributed by atoms with van der Waals surface area (Å²) in [6.45, 7) is 8.30. The van der Waals surface area contributed by atoms with E-state index in [0.29, 0.717) is 6.04 Å². The smallest absolute Gasteiger partial charge is 0.129 e. The van der Waals surface area contributed by atoms with Crippen LogP contribution >= 0.6 is 11.3 Å². The van der Waals surface area contributed by atoms with E-state index in [1.165, 1.54) is 10.4 Å². The molecule has 4 heteroatoms. The molecule has 1 N–H and O–H groups in total. The van der Waals surface area contributed by atoms with Gasteiger partial charge in [-0.25, -0.2) is 4.98 Å². The molecule has 0 aromatic carbocycles. The predicted molar refractivity (Wildman–Crippen MR) is 87.4 cm³/mol. The summed E-state index contributed by atoms with van der Waals surface area (Å²) in [7, 11) is 1.96. The van der Waals surface area contributed by atoms with E-state index in [2.05, 4.69) is 60.6 Å². The van der Waals surface area contributed by atoms with Crippen molar-refractivity contribution in [2.75, 3.05) is 11.9 Å². The zero-order valence-electron chi connectivity index (χ0n) is 12.7. The molecule has 20 heavy (non-hydrogen) atoms. The van der Waals surface area contributed by atoms with E-state index < -0.39 is 0 Å². The molecule has 2 aromatic rings. The Morgan fingerprint density at radius 1 is 1.30 bits per heavy atom. The first-order valence-corrected chi connectivity index (χ1v) is 7.90. The van der Waals surface area contributed by atoms with Crippen LogP contribution in [-0.2, 0) is 13.1 Å². The molecule has 0 aliphatic carbocycles. The Hall–Kier alpha value is -1.39. The molecular weight excluding hydrogens is 266 g/mol. The molecule has 3 nitrogen and oxygen atoms in total. The van der Waals surface area contributed by atoms with Crippen molar-refractivity contribution in [3.8, 4) is 0 Å². The summed E-state index contributed by atoms with van der Waals surface area (Å²) < 4.78 is 0. The molecule has 108 valence electrons. The summed E-state index contributed by atoms with van der Waals surface area (Å²) in [5.74, 6) is 1.06. The van der Waals surface area contributed by atoms with Gasteiger partial charge in [-0.3, -0.25) is 0 Å². The van der Waals surface area contributed by atoms with E-state index in [9.17, 15) is 0 Å². The number of anilines is 1. The van der Waals surface area contributed by atoms with Crippen molar-refractivity contribution in [3.05, 3.63) is 45.8 Å². The second kappa shape index (κ2) is 6.86. The van der Waals surface area contributed by atoms with Crippen LogP contribution in [0.5, 0.6) is 0 Å². The van der Waals surface area contributed by atoms with Crippen LogP contribution in [0.1, 0.15) is 30.0 Å². The number of aromatic nitrogens is 1. The standard InChI is InChI=1S/C16H23N3S/c1-12(2)19(11-15-6-5-9-20-15)16-8-7-14(10-17-4)13(3)18-16/h5-9,12,17H,10-11H2,1-4H3. The molecular formula is C16H23N3S. The molecule has 0 unspecified atom stereocenters. The third kappa shape index (κ3) is 3.58. The lowest BCUT2D eigenvalue weighted by atomic mass is 10.2. The number of rotatable bonds is 6. The maximum absolute atomic E-state index is 4.78. The van der Waals surface area contributed by atoms with Crippen molar-refractivity contribution in [1.82, 2.24) is 10.3 Å². The van der Waals surface area contributed by atoms with Gasteiger partial charge in [0.15, 0.2) is 0 Å². The topological polar surface area (TPSA) is 28.2 Å². The number of hydrogen-bond acceptors (Lipinski definition) is 4. The van der Waals surface area contributed by atoms with Crippen LogP contribution in [0.15, 0.2) is 29.6 Å². The van der Waals surface area contributed by atoms with Gasteiger partial charge in [0.25, 0.3) is 0 Å². The van der Waals surface area contributed by atoms with Gasteiger partial charge in [-0.1, -0.05) is 12.1 Å². The molecule has 0 spiro atoms. The Morgan fingerprint density at radius 2 is 2.10 bits per heavy atom. The first-order chi connectivity index (χ1) is 9.61. The zero-order chi connectivity index (χ0) is 14.5. The lowest BCUT2D eigenvalue weighted by Gasteiger charge is -2.28. The average Bonchev–Trinajstić information content (AvgIpc) is 2.91. The highest BCUT2D eigenvalue weighted by atomic mass is 32.1. The molecule has 0 aliphatic rings. The number of nitrogens with zero attached hydrogens (tertiary/aromatic N) is 2. The maximum atomic E-state index is 4.78. The minimum Gasteiger partial charge on any atom is -0.349 e. The summed E-state index contributed by atoms with van der Waals surface area (Å²) in [5.41, 5.74) is 2.37. The summed E-state index contributed by atoms with van der Waals surface area (Å²) in [6.07, 6.45) is 0. The lowest BCUT2D eigenvalue weighted by molar-refractivity contribution is 0.674. The molecule has 2 rings (SSSR count). The highest BCUT2D eigenvalue weighted by Crippen LogP contribution is 2.21. The molecule has 0 radical (unpaired) electrons. The minimum atomic E-state index is 0.430. The third-order valence-corrected chi connectivity index (χ3v) is 4.23. The highest BCUT2D eigenvalue weighted by molar-refractivity contribution is 7.09. The maximum Gasteiger partial charge on any atom is 0.129 e. The van der Waals surface area contributed by atoms with Gasteiger partial charge in [-0.15, -0.1) is 11.3 Å². The van der Waals surface area contributed by atoms with E-state index in [-0.39, 0.29) is 0 Å². The van der Waals surface area contributed by atoms with Gasteiger partial charge in [0.2, 0.25) is 0 Å². The molecule has 2 heterocycles. The zero-order valence-corrected chi connectivity index (χ0v) is 13.5. The van der Waals surface area contributed by atoms with Crippen LogP contribution in [-0.4, -0.2) is 18.1 Å². The quantitative estimate of drug-likeness (QED) is 0.881. The fourth-order valence-corrected chi connectivity index (χ4v) is 2.92. The van der Waals surface area contributed by atoms with Gasteiger partial charge in [0, 0.05) is 23.2 Å². The molecule has 0 aliphatic heterocycles. The Labute approximate surface area is 125 Å². The van der Waals surface area contributed by atoms with Gasteiger partial charge in [0.05, 0.1) is 6.54 Å². The van der Waals surface area contributed by atoms with Crippen molar-refractivity contribution < 1.29 is 0 Å². The van der Waals surface area contributed by atoms with Gasteiger partial charge in [-0.05, 0) is 50.9 Å². The Bertz CT molecular complexity index is 535. The number of hydrogen-bond donors (Lipinski definition) is 1. The summed E-state index contributed by atoms with van der Waals surface area (Å²) in [4.78, 5) is 8.51. The van der Waals surface area contributed by atoms with Crippen molar-refractivity contribution in [2.24, 2.45) is 0 Å². The molecule has 2 aromatic heterocycles. The SMILES string of the molecule is CNCc1ccc(N(Cc2cccs2)C(C)C)nc1C. The normalized spacial score (nSPS) is 11.1. The van der Waals surface area contributed by atoms with Crippen LogP contribution < -0.4 is 10.2 Å². The molecule has 0 bridgehead atoms. The van der Waals surface area contributed by atoms with Crippen LogP contribution in [0.2, 0.25) is 0 Å². The van der Waals surface area contributed by atoms with Gasteiger partial charge in [0.1, 0.15) is 5.82 Å². The molecule has 0 atom stereocenters. The van der Waals surface area contributed by atoms with Crippen LogP contribution in [0.3, 0.4) is 0 Å². The Morgan fingerprint density at radius 3 is 2.65 bits per heavy atom. The van der Waals surface area contributed by atoms with E-state index in [1.54, 1.807) is 11.3 Å². The van der Waals surface area contributed by atoms with E-state index in [1.807, 2.05) is 7.05 Å². The van der Waals surface area contributed by atoms with Crippen molar-refractivity contribution >= 4 is 17.2 Å². The van der Waals surface area contributed by atoms with Crippen LogP contribution in [0.25, 0.3) is 0 Å². The third-order valence-electron chi connectivity index (χ3n) is 3.37. The van der Waals surface area contributed by atoms with Gasteiger partial charge in [-0.2, -0.15) is 0 Å². The van der Waals surface area contributed by atoms with Crippen LogP contribution in [0.4, 0.5) is 5.82 Å². The van der Waals surface area contributed by atoms with Gasteiger partial charge < -0.3 is 10.2 Å². The van der Waals surface area contributed by atoms with E-state index in [0.717, 1.165) is 24.6 Å². The van der Waals surface area contributed by atoms with Crippen molar-refractivity contribution in [2.45, 2.75) is 39.9 Å². The molecule has 0 amide bonds. The summed E-state index contributed by atoms with van der Waals surface area (Å²) in [5, 5.41) is 5.31. The second-order valence-electron chi connectivity index (χ2n) is 5.25.